The van der Waals surface area contributed by atoms with Crippen molar-refractivity contribution < 1.29 is 38.4 Å². The van der Waals surface area contributed by atoms with Gasteiger partial charge in [-0.15, -0.1) is 11.8 Å². The summed E-state index contributed by atoms with van der Waals surface area (Å²) < 4.78 is 11.2. The van der Waals surface area contributed by atoms with E-state index in [2.05, 4.69) is 19.8 Å². The van der Waals surface area contributed by atoms with Gasteiger partial charge < -0.3 is 35.4 Å². The second-order valence-corrected chi connectivity index (χ2v) is 12.6. The summed E-state index contributed by atoms with van der Waals surface area (Å²) in [6.45, 7) is 8.46. The number of amides is 2. The molecule has 0 spiro atoms. The molecule has 2 atom stereocenters. The molecule has 41 heavy (non-hydrogen) atoms. The lowest BCUT2D eigenvalue weighted by molar-refractivity contribution is -0.689. The third-order valence-corrected chi connectivity index (χ3v) is 7.69. The van der Waals surface area contributed by atoms with Gasteiger partial charge in [-0.1, -0.05) is 5.16 Å². The van der Waals surface area contributed by atoms with Gasteiger partial charge in [-0.2, -0.15) is 9.36 Å². The number of carbonyl (C=O) groups is 4. The Bertz CT molecular complexity index is 1430. The van der Waals surface area contributed by atoms with Crippen molar-refractivity contribution >= 4 is 57.9 Å². The van der Waals surface area contributed by atoms with E-state index in [4.69, 9.17) is 15.3 Å². The van der Waals surface area contributed by atoms with Crippen LogP contribution >= 0.6 is 23.3 Å². The summed E-state index contributed by atoms with van der Waals surface area (Å²) >= 11 is 2.31. The minimum atomic E-state index is -1.55. The summed E-state index contributed by atoms with van der Waals surface area (Å²) in [5, 5.41) is 17.2. The lowest BCUT2D eigenvalue weighted by Crippen LogP contribution is -2.69. The van der Waals surface area contributed by atoms with Crippen molar-refractivity contribution in [3.63, 3.8) is 0 Å². The summed E-state index contributed by atoms with van der Waals surface area (Å²) in [6.07, 6.45) is 4.97. The van der Waals surface area contributed by atoms with E-state index < -0.39 is 35.1 Å². The number of esters is 1. The van der Waals surface area contributed by atoms with Crippen LogP contribution in [0.15, 0.2) is 41.5 Å². The topological polar surface area (TPSA) is 193 Å². The lowest BCUT2D eigenvalue weighted by Gasteiger charge is -2.47. The summed E-state index contributed by atoms with van der Waals surface area (Å²) in [4.78, 5) is 60.7. The van der Waals surface area contributed by atoms with E-state index in [-0.39, 0.29) is 33.5 Å². The van der Waals surface area contributed by atoms with Gasteiger partial charge in [-0.25, -0.2) is 9.36 Å². The highest BCUT2D eigenvalue weighted by Gasteiger charge is 2.50. The SMILES string of the molecule is CC(C)(C)OC(=O)C(C)(C)ON=C(C(=O)NC1C(=O)N2C=C(C[n+]3ccc(C(=O)[O-])cc3)CS[C@@H]12)c1nsc(N)n1. The molecule has 2 aromatic heterocycles. The van der Waals surface area contributed by atoms with E-state index >= 15 is 0 Å². The summed E-state index contributed by atoms with van der Waals surface area (Å²) in [5.41, 5.74) is 4.03. The zero-order valence-electron chi connectivity index (χ0n) is 22.9. The number of hydrogen-bond donors (Lipinski definition) is 2. The zero-order valence-corrected chi connectivity index (χ0v) is 24.6. The van der Waals surface area contributed by atoms with Gasteiger partial charge in [-0.05, 0) is 34.6 Å². The Balaban J connectivity index is 1.44. The number of carboxylic acid groups (broad SMARTS) is 1. The average Bonchev–Trinajstić information content (AvgIpc) is 3.32. The number of nitrogens with one attached hydrogen (secondary N) is 1. The largest absolute Gasteiger partial charge is 0.545 e. The Morgan fingerprint density at radius 2 is 1.93 bits per heavy atom. The number of carbonyl (C=O) groups excluding carboxylic acids is 4. The van der Waals surface area contributed by atoms with Crippen LogP contribution in [0.5, 0.6) is 0 Å². The van der Waals surface area contributed by atoms with Crippen molar-refractivity contribution in [3.8, 4) is 0 Å². The number of hydrogen-bond acceptors (Lipinski definition) is 13. The number of nitrogen functional groups attached to an aromatic ring is 1. The van der Waals surface area contributed by atoms with Crippen LogP contribution in [-0.2, 0) is 30.5 Å². The van der Waals surface area contributed by atoms with Crippen LogP contribution in [0, 0.1) is 0 Å². The molecule has 1 fully saturated rings. The number of pyridine rings is 1. The first kappa shape index (κ1) is 29.9. The molecular formula is C25H29N7O7S2. The summed E-state index contributed by atoms with van der Waals surface area (Å²) in [5.74, 6) is -2.60. The maximum Gasteiger partial charge on any atom is 0.353 e. The van der Waals surface area contributed by atoms with Crippen LogP contribution in [0.2, 0.25) is 0 Å². The standard InChI is InChI=1S/C25H29N7O7S2/c1-24(2,3)38-22(37)25(4,5)39-29-15(17-28-23(26)41-30-17)18(33)27-16-19(34)32-11-13(12-40-20(16)32)10-31-8-6-14(7-9-31)21(35)36/h6-9,11,16,20H,10,12H2,1-5H3,(H3-,26,27,28,30,33,35,36)/t16?,20-/m0/s1. The molecule has 4 heterocycles. The van der Waals surface area contributed by atoms with E-state index in [9.17, 15) is 24.3 Å². The fourth-order valence-electron chi connectivity index (χ4n) is 3.70. The molecule has 1 unspecified atom stereocenters. The number of thioether (sulfide) groups is 1. The summed E-state index contributed by atoms with van der Waals surface area (Å²) in [6, 6.07) is 2.04. The molecule has 218 valence electrons. The van der Waals surface area contributed by atoms with Crippen molar-refractivity contribution in [2.24, 2.45) is 5.16 Å². The van der Waals surface area contributed by atoms with Gasteiger partial charge in [0, 0.05) is 46.8 Å². The molecule has 3 N–H and O–H groups in total. The van der Waals surface area contributed by atoms with Gasteiger partial charge in [-0.3, -0.25) is 9.59 Å². The van der Waals surface area contributed by atoms with E-state index in [1.165, 1.54) is 42.6 Å². The van der Waals surface area contributed by atoms with Crippen LogP contribution in [0.25, 0.3) is 0 Å². The number of fused-ring (bicyclic) bond motifs is 1. The number of aromatic nitrogens is 3. The number of nitrogens with two attached hydrogens (primary N) is 1. The van der Waals surface area contributed by atoms with Crippen molar-refractivity contribution in [1.82, 2.24) is 19.6 Å². The average molecular weight is 604 g/mol. The van der Waals surface area contributed by atoms with Gasteiger partial charge in [0.1, 0.15) is 17.0 Å². The number of aromatic carboxylic acids is 1. The minimum absolute atomic E-state index is 0.0714. The number of anilines is 1. The van der Waals surface area contributed by atoms with Gasteiger partial charge in [0.25, 0.3) is 11.8 Å². The number of rotatable bonds is 9. The van der Waals surface area contributed by atoms with Gasteiger partial charge in [0.15, 0.2) is 24.1 Å². The molecule has 0 bridgehead atoms. The maximum atomic E-state index is 13.3. The smallest absolute Gasteiger partial charge is 0.353 e. The molecule has 0 saturated carbocycles. The first-order chi connectivity index (χ1) is 19.1. The first-order valence-electron chi connectivity index (χ1n) is 12.4. The monoisotopic (exact) mass is 603 g/mol. The number of β-lactam (4-membered cyclic amide) rings is 1. The Hall–Kier alpha value is -4.05. The van der Waals surface area contributed by atoms with Crippen LogP contribution in [0.4, 0.5) is 5.13 Å². The van der Waals surface area contributed by atoms with Crippen LogP contribution in [0.1, 0.15) is 50.8 Å². The minimum Gasteiger partial charge on any atom is -0.545 e. The molecule has 16 heteroatoms. The number of oxime groups is 1. The number of ether oxygens (including phenoxy) is 1. The highest BCUT2D eigenvalue weighted by Crippen LogP contribution is 2.36. The lowest BCUT2D eigenvalue weighted by atomic mass is 10.1. The molecule has 2 amide bonds. The predicted octanol–water partition coefficient (Wildman–Crippen LogP) is -0.404. The van der Waals surface area contributed by atoms with E-state index in [0.29, 0.717) is 12.3 Å². The molecule has 4 rings (SSSR count). The molecule has 14 nitrogen and oxygen atoms in total. The van der Waals surface area contributed by atoms with Gasteiger partial charge in [0.2, 0.25) is 17.1 Å². The van der Waals surface area contributed by atoms with Crippen molar-refractivity contribution in [1.29, 1.82) is 0 Å². The Morgan fingerprint density at radius 3 is 2.51 bits per heavy atom. The Morgan fingerprint density at radius 1 is 1.24 bits per heavy atom. The normalized spacial score (nSPS) is 19.0. The molecule has 2 aliphatic heterocycles. The fraction of sp³-hybridized carbons (Fsp3) is 0.440. The number of nitrogens with zero attached hydrogens (tertiary/aromatic N) is 5. The van der Waals surface area contributed by atoms with Gasteiger partial charge >= 0.3 is 5.97 Å². The quantitative estimate of drug-likeness (QED) is 0.124. The third kappa shape index (κ3) is 7.00. The highest BCUT2D eigenvalue weighted by molar-refractivity contribution is 8.00. The van der Waals surface area contributed by atoms with E-state index in [0.717, 1.165) is 17.1 Å². The third-order valence-electron chi connectivity index (χ3n) is 5.76. The second kappa shape index (κ2) is 11.4. The number of carboxylic acids is 1. The fourth-order valence-corrected chi connectivity index (χ4v) is 5.39. The van der Waals surface area contributed by atoms with Gasteiger partial charge in [0.05, 0.1) is 5.97 Å². The van der Waals surface area contributed by atoms with Crippen molar-refractivity contribution in [2.45, 2.75) is 63.8 Å². The van der Waals surface area contributed by atoms with E-state index in [1.54, 1.807) is 43.9 Å². The molecule has 1 saturated heterocycles. The molecule has 0 aliphatic carbocycles. The molecule has 0 radical (unpaired) electrons. The Kier molecular flexibility index (Phi) is 8.35. The Labute approximate surface area is 243 Å². The van der Waals surface area contributed by atoms with Crippen LogP contribution in [-0.4, -0.2) is 72.1 Å². The van der Waals surface area contributed by atoms with Crippen LogP contribution < -0.4 is 20.7 Å². The van der Waals surface area contributed by atoms with Crippen molar-refractivity contribution in [2.75, 3.05) is 11.5 Å². The zero-order chi connectivity index (χ0) is 30.1. The first-order valence-corrected chi connectivity index (χ1v) is 14.2. The second-order valence-electron chi connectivity index (χ2n) is 10.7. The summed E-state index contributed by atoms with van der Waals surface area (Å²) in [7, 11) is 0. The molecular weight excluding hydrogens is 574 g/mol. The highest BCUT2D eigenvalue weighted by atomic mass is 32.2. The maximum absolute atomic E-state index is 13.3. The molecule has 0 aromatic carbocycles. The predicted molar refractivity (Wildman–Crippen MR) is 146 cm³/mol. The van der Waals surface area contributed by atoms with E-state index in [1.807, 2.05) is 0 Å². The molecule has 2 aromatic rings. The molecule has 2 aliphatic rings. The van der Waals surface area contributed by atoms with Crippen molar-refractivity contribution in [3.05, 3.63) is 47.7 Å². The van der Waals surface area contributed by atoms with Crippen LogP contribution in [0.3, 0.4) is 0 Å².